The molecule has 1 aromatic carbocycles. The largest absolute Gasteiger partial charge is 0.352 e. The molecule has 2 aromatic rings. The van der Waals surface area contributed by atoms with Crippen LogP contribution in [0.25, 0.3) is 0 Å². The van der Waals surface area contributed by atoms with Crippen LogP contribution in [-0.4, -0.2) is 40.0 Å². The lowest BCUT2D eigenvalue weighted by Crippen LogP contribution is -2.52. The van der Waals surface area contributed by atoms with Crippen LogP contribution in [0.2, 0.25) is 0 Å². The summed E-state index contributed by atoms with van der Waals surface area (Å²) in [6.07, 6.45) is 0.868. The molecule has 1 aliphatic heterocycles. The van der Waals surface area contributed by atoms with Gasteiger partial charge < -0.3 is 10.2 Å². The summed E-state index contributed by atoms with van der Waals surface area (Å²) >= 11 is 0. The van der Waals surface area contributed by atoms with Crippen LogP contribution in [-0.2, 0) is 16.0 Å². The smallest absolute Gasteiger partial charge is 0.247 e. The average Bonchev–Trinajstić information content (AvgIpc) is 2.92. The van der Waals surface area contributed by atoms with Gasteiger partial charge in [-0.2, -0.15) is 5.10 Å². The molecule has 1 aromatic heterocycles. The van der Waals surface area contributed by atoms with E-state index in [0.717, 1.165) is 17.0 Å². The predicted octanol–water partition coefficient (Wildman–Crippen LogP) is 1.80. The van der Waals surface area contributed by atoms with Gasteiger partial charge in [-0.25, -0.2) is 4.39 Å². The molecule has 1 fully saturated rings. The van der Waals surface area contributed by atoms with Crippen molar-refractivity contribution < 1.29 is 14.0 Å². The zero-order valence-corrected chi connectivity index (χ0v) is 14.3. The molecule has 2 N–H and O–H groups in total. The van der Waals surface area contributed by atoms with Gasteiger partial charge in [0.15, 0.2) is 0 Å². The number of piperazine rings is 1. The van der Waals surface area contributed by atoms with Crippen molar-refractivity contribution in [3.8, 4) is 0 Å². The molecule has 2 amide bonds. The number of aromatic nitrogens is 2. The van der Waals surface area contributed by atoms with Gasteiger partial charge in [0, 0.05) is 25.2 Å². The molecule has 1 atom stereocenters. The second-order valence-corrected chi connectivity index (χ2v) is 6.24. The molecule has 0 saturated carbocycles. The Morgan fingerprint density at radius 1 is 1.32 bits per heavy atom. The number of halogens is 1. The lowest BCUT2D eigenvalue weighted by Gasteiger charge is -2.35. The van der Waals surface area contributed by atoms with E-state index in [-0.39, 0.29) is 17.6 Å². The normalized spacial score (nSPS) is 17.5. The fourth-order valence-electron chi connectivity index (χ4n) is 3.23. The molecule has 1 saturated heterocycles. The number of nitrogens with zero attached hydrogens (tertiary/aromatic N) is 2. The van der Waals surface area contributed by atoms with Crippen molar-refractivity contribution in [3.05, 3.63) is 52.6 Å². The highest BCUT2D eigenvalue weighted by molar-refractivity contribution is 5.89. The van der Waals surface area contributed by atoms with Gasteiger partial charge in [-0.1, -0.05) is 12.1 Å². The summed E-state index contributed by atoms with van der Waals surface area (Å²) in [5.41, 5.74) is 3.49. The molecule has 0 radical (unpaired) electrons. The van der Waals surface area contributed by atoms with Crippen LogP contribution in [0.15, 0.2) is 24.3 Å². The second kappa shape index (κ2) is 7.04. The number of aromatic amines is 1. The summed E-state index contributed by atoms with van der Waals surface area (Å²) in [6.45, 7) is 4.69. The van der Waals surface area contributed by atoms with Crippen LogP contribution in [0.1, 0.15) is 35.0 Å². The number of benzene rings is 1. The van der Waals surface area contributed by atoms with Gasteiger partial charge in [0.2, 0.25) is 11.8 Å². The van der Waals surface area contributed by atoms with Crippen LogP contribution in [0, 0.1) is 19.7 Å². The van der Waals surface area contributed by atoms with Crippen molar-refractivity contribution >= 4 is 11.8 Å². The zero-order chi connectivity index (χ0) is 18.0. The number of carbonyl (C=O) groups excluding carboxylic acids is 2. The molecular weight excluding hydrogens is 323 g/mol. The van der Waals surface area contributed by atoms with Crippen molar-refractivity contribution in [2.24, 2.45) is 0 Å². The Hall–Kier alpha value is -2.70. The highest BCUT2D eigenvalue weighted by atomic mass is 19.1. The molecule has 0 unspecified atom stereocenters. The summed E-state index contributed by atoms with van der Waals surface area (Å²) in [5, 5.41) is 9.83. The quantitative estimate of drug-likeness (QED) is 0.888. The van der Waals surface area contributed by atoms with Crippen LogP contribution >= 0.6 is 0 Å². The maximum atomic E-state index is 13.2. The summed E-state index contributed by atoms with van der Waals surface area (Å²) in [5.74, 6) is -0.699. The third-order valence-corrected chi connectivity index (χ3v) is 4.59. The minimum atomic E-state index is -0.714. The summed E-state index contributed by atoms with van der Waals surface area (Å²) in [4.78, 5) is 26.7. The molecule has 25 heavy (non-hydrogen) atoms. The van der Waals surface area contributed by atoms with Crippen molar-refractivity contribution in [2.75, 3.05) is 13.1 Å². The zero-order valence-electron chi connectivity index (χ0n) is 14.3. The van der Waals surface area contributed by atoms with E-state index in [9.17, 15) is 14.0 Å². The fourth-order valence-corrected chi connectivity index (χ4v) is 3.23. The van der Waals surface area contributed by atoms with Gasteiger partial charge in [-0.05, 0) is 43.5 Å². The Morgan fingerprint density at radius 3 is 2.68 bits per heavy atom. The van der Waals surface area contributed by atoms with E-state index < -0.39 is 6.04 Å². The molecule has 1 aliphatic rings. The maximum absolute atomic E-state index is 13.2. The molecule has 0 aliphatic carbocycles. The SMILES string of the molecule is Cc1n[nH]c(C)c1CCC(=O)N1CCNC(=O)[C@@H]1c1ccc(F)cc1. The standard InChI is InChI=1S/C18H21FN4O2/c1-11-15(12(2)22-21-11)7-8-16(24)23-10-9-20-18(25)17(23)13-3-5-14(19)6-4-13/h3-6,17H,7-10H2,1-2H3,(H,20,25)(H,21,22)/t17-/m0/s1. The highest BCUT2D eigenvalue weighted by Gasteiger charge is 2.34. The minimum absolute atomic E-state index is 0.0934. The van der Waals surface area contributed by atoms with Gasteiger partial charge in [-0.3, -0.25) is 14.7 Å². The Morgan fingerprint density at radius 2 is 2.04 bits per heavy atom. The monoisotopic (exact) mass is 344 g/mol. The number of H-pyrrole nitrogens is 1. The number of aryl methyl sites for hydroxylation is 2. The van der Waals surface area contributed by atoms with Gasteiger partial charge >= 0.3 is 0 Å². The van der Waals surface area contributed by atoms with Crippen molar-refractivity contribution in [2.45, 2.75) is 32.7 Å². The van der Waals surface area contributed by atoms with Gasteiger partial charge in [0.1, 0.15) is 11.9 Å². The van der Waals surface area contributed by atoms with Crippen molar-refractivity contribution in [3.63, 3.8) is 0 Å². The Balaban J connectivity index is 1.76. The van der Waals surface area contributed by atoms with Crippen LogP contribution in [0.5, 0.6) is 0 Å². The topological polar surface area (TPSA) is 78.1 Å². The first-order valence-corrected chi connectivity index (χ1v) is 8.30. The predicted molar refractivity (Wildman–Crippen MR) is 90.2 cm³/mol. The van der Waals surface area contributed by atoms with E-state index in [1.54, 1.807) is 17.0 Å². The first kappa shape index (κ1) is 17.1. The number of amides is 2. The number of carbonyl (C=O) groups is 2. The average molecular weight is 344 g/mol. The Kier molecular flexibility index (Phi) is 4.83. The van der Waals surface area contributed by atoms with Gasteiger partial charge in [0.05, 0.1) is 5.69 Å². The number of hydrogen-bond acceptors (Lipinski definition) is 3. The maximum Gasteiger partial charge on any atom is 0.247 e. The van der Waals surface area contributed by atoms with Gasteiger partial charge in [-0.15, -0.1) is 0 Å². The van der Waals surface area contributed by atoms with Gasteiger partial charge in [0.25, 0.3) is 0 Å². The van der Waals surface area contributed by atoms with Crippen molar-refractivity contribution in [1.82, 2.24) is 20.4 Å². The second-order valence-electron chi connectivity index (χ2n) is 6.24. The molecule has 0 spiro atoms. The summed E-state index contributed by atoms with van der Waals surface area (Å²) in [6, 6.07) is 5.00. The van der Waals surface area contributed by atoms with E-state index in [0.29, 0.717) is 31.5 Å². The summed E-state index contributed by atoms with van der Waals surface area (Å²) < 4.78 is 13.2. The Bertz CT molecular complexity index is 765. The summed E-state index contributed by atoms with van der Waals surface area (Å²) in [7, 11) is 0. The van der Waals surface area contributed by atoms with E-state index in [1.807, 2.05) is 13.8 Å². The van der Waals surface area contributed by atoms with Crippen LogP contribution in [0.4, 0.5) is 4.39 Å². The minimum Gasteiger partial charge on any atom is -0.352 e. The van der Waals surface area contributed by atoms with Crippen LogP contribution in [0.3, 0.4) is 0 Å². The molecule has 7 heteroatoms. The molecule has 2 heterocycles. The Labute approximate surface area is 145 Å². The van der Waals surface area contributed by atoms with E-state index >= 15 is 0 Å². The lowest BCUT2D eigenvalue weighted by molar-refractivity contribution is -0.143. The molecule has 132 valence electrons. The first-order valence-electron chi connectivity index (χ1n) is 8.30. The first-order chi connectivity index (χ1) is 12.0. The molecule has 3 rings (SSSR count). The number of rotatable bonds is 4. The number of hydrogen-bond donors (Lipinski definition) is 2. The third-order valence-electron chi connectivity index (χ3n) is 4.59. The van der Waals surface area contributed by atoms with E-state index in [2.05, 4.69) is 15.5 Å². The number of nitrogens with one attached hydrogen (secondary N) is 2. The van der Waals surface area contributed by atoms with Crippen molar-refractivity contribution in [1.29, 1.82) is 0 Å². The van der Waals surface area contributed by atoms with E-state index in [1.165, 1.54) is 12.1 Å². The molecular formula is C18H21FN4O2. The molecule has 6 nitrogen and oxygen atoms in total. The van der Waals surface area contributed by atoms with E-state index in [4.69, 9.17) is 0 Å². The lowest BCUT2D eigenvalue weighted by atomic mass is 10.0. The molecule has 0 bridgehead atoms. The highest BCUT2D eigenvalue weighted by Crippen LogP contribution is 2.25. The van der Waals surface area contributed by atoms with Crippen LogP contribution < -0.4 is 5.32 Å². The fraction of sp³-hybridized carbons (Fsp3) is 0.389. The third kappa shape index (κ3) is 3.55.